The number of carbonyl (C=O) groups is 3. The number of esters is 2. The Morgan fingerprint density at radius 2 is 1.97 bits per heavy atom. The summed E-state index contributed by atoms with van der Waals surface area (Å²) in [5.74, 6) is -1.01. The predicted molar refractivity (Wildman–Crippen MR) is 127 cm³/mol. The highest BCUT2D eigenvalue weighted by atomic mass is 16.7. The first-order valence-corrected chi connectivity index (χ1v) is 12.3. The van der Waals surface area contributed by atoms with Gasteiger partial charge in [0, 0.05) is 12.3 Å². The van der Waals surface area contributed by atoms with Crippen molar-refractivity contribution in [1.29, 1.82) is 0 Å². The normalized spacial score (nSPS) is 36.7. The van der Waals surface area contributed by atoms with Gasteiger partial charge >= 0.3 is 18.0 Å². The van der Waals surface area contributed by atoms with E-state index in [9.17, 15) is 14.4 Å². The molecule has 10 nitrogen and oxygen atoms in total. The summed E-state index contributed by atoms with van der Waals surface area (Å²) in [6.07, 6.45) is -0.952. The summed E-state index contributed by atoms with van der Waals surface area (Å²) < 4.78 is 29.1. The average molecular weight is 501 g/mol. The van der Waals surface area contributed by atoms with E-state index in [1.54, 1.807) is 31.2 Å². The van der Waals surface area contributed by atoms with Crippen molar-refractivity contribution in [1.82, 2.24) is 4.90 Å². The topological polar surface area (TPSA) is 116 Å². The quantitative estimate of drug-likeness (QED) is 0.370. The number of fused-ring (bicyclic) bond motifs is 4. The van der Waals surface area contributed by atoms with Crippen LogP contribution in [0.4, 0.5) is 10.5 Å². The standard InChI is InChI=1S/C26H32N2O8/c1-6-32-16-10-8-7-9-15(16)27-25(31)35-21-20(28(4)5)14-11-17(33-24(14)30)19-13(2)23(29)34-18(19)12-26(3)22(21)36-26/h7-11,13,17-22H,6,12H2,1-5H3,(H,27,31)/t13?,17-,18+,19+,20+,21-,22+,26+/m1/s1. The van der Waals surface area contributed by atoms with Gasteiger partial charge in [-0.3, -0.25) is 15.0 Å². The number of carbonyl (C=O) groups excluding carboxylic acids is 3. The smallest absolute Gasteiger partial charge is 0.412 e. The molecule has 0 spiro atoms. The molecule has 1 aromatic carbocycles. The molecule has 5 rings (SSSR count). The molecule has 36 heavy (non-hydrogen) atoms. The first-order chi connectivity index (χ1) is 17.1. The second-order valence-electron chi connectivity index (χ2n) is 10.2. The summed E-state index contributed by atoms with van der Waals surface area (Å²) in [5.41, 5.74) is 0.151. The van der Waals surface area contributed by atoms with Gasteiger partial charge in [0.05, 0.1) is 35.4 Å². The Hall–Kier alpha value is -3.11. The van der Waals surface area contributed by atoms with Crippen molar-refractivity contribution in [3.05, 3.63) is 35.9 Å². The van der Waals surface area contributed by atoms with Crippen LogP contribution in [0, 0.1) is 11.8 Å². The van der Waals surface area contributed by atoms with Crippen LogP contribution < -0.4 is 10.1 Å². The molecule has 1 unspecified atom stereocenters. The van der Waals surface area contributed by atoms with Gasteiger partial charge in [-0.1, -0.05) is 19.1 Å². The zero-order chi connectivity index (χ0) is 25.8. The first kappa shape index (κ1) is 24.6. The van der Waals surface area contributed by atoms with Crippen molar-refractivity contribution in [3.8, 4) is 5.75 Å². The molecule has 194 valence electrons. The molecule has 0 radical (unpaired) electrons. The van der Waals surface area contributed by atoms with E-state index >= 15 is 0 Å². The Labute approximate surface area is 209 Å². The monoisotopic (exact) mass is 500 g/mol. The molecule has 10 heteroatoms. The highest BCUT2D eigenvalue weighted by Gasteiger charge is 2.65. The Bertz CT molecular complexity index is 1100. The molecule has 0 saturated carbocycles. The summed E-state index contributed by atoms with van der Waals surface area (Å²) >= 11 is 0. The number of rotatable bonds is 5. The number of nitrogens with one attached hydrogen (secondary N) is 1. The zero-order valence-corrected chi connectivity index (χ0v) is 21.1. The van der Waals surface area contributed by atoms with Crippen LogP contribution in [0.1, 0.15) is 27.2 Å². The third-order valence-electron chi connectivity index (χ3n) is 7.55. The first-order valence-electron chi connectivity index (χ1n) is 12.3. The van der Waals surface area contributed by atoms with Crippen molar-refractivity contribution >= 4 is 23.7 Å². The van der Waals surface area contributed by atoms with Gasteiger partial charge in [-0.15, -0.1) is 0 Å². The van der Waals surface area contributed by atoms with Gasteiger partial charge in [0.25, 0.3) is 0 Å². The maximum atomic E-state index is 13.1. The third-order valence-corrected chi connectivity index (χ3v) is 7.55. The fourth-order valence-electron chi connectivity index (χ4n) is 5.76. The molecular formula is C26H32N2O8. The number of amides is 1. The molecule has 1 N–H and O–H groups in total. The Morgan fingerprint density at radius 1 is 1.22 bits per heavy atom. The molecule has 4 aliphatic rings. The number of anilines is 1. The maximum Gasteiger partial charge on any atom is 0.412 e. The molecule has 8 atom stereocenters. The van der Waals surface area contributed by atoms with Crippen LogP contribution in [-0.2, 0) is 28.5 Å². The lowest BCUT2D eigenvalue weighted by molar-refractivity contribution is -0.144. The Kier molecular flexibility index (Phi) is 6.20. The van der Waals surface area contributed by atoms with E-state index in [4.69, 9.17) is 23.7 Å². The minimum atomic E-state index is -0.826. The van der Waals surface area contributed by atoms with Crippen LogP contribution in [0.5, 0.6) is 5.75 Å². The molecule has 2 bridgehead atoms. The van der Waals surface area contributed by atoms with Gasteiger partial charge in [0.1, 0.15) is 24.1 Å². The summed E-state index contributed by atoms with van der Waals surface area (Å²) in [4.78, 5) is 40.4. The van der Waals surface area contributed by atoms with Gasteiger partial charge in [0.2, 0.25) is 0 Å². The molecule has 1 aliphatic carbocycles. The molecule has 2 fully saturated rings. The van der Waals surface area contributed by atoms with Crippen LogP contribution in [0.25, 0.3) is 0 Å². The number of ether oxygens (including phenoxy) is 5. The SMILES string of the molecule is CCOc1ccccc1NC(=O)O[C@@H]1[C@@H](N(C)C)C2=C[C@@H](OC2=O)[C@@H]2C(C)C(=O)O[C@H]2C[C@]2(C)O[C@@H]12. The van der Waals surface area contributed by atoms with E-state index in [0.717, 1.165) is 0 Å². The van der Waals surface area contributed by atoms with E-state index in [-0.39, 0.29) is 11.9 Å². The minimum absolute atomic E-state index is 0.306. The number of epoxide rings is 1. The molecular weight excluding hydrogens is 468 g/mol. The summed E-state index contributed by atoms with van der Waals surface area (Å²) in [6, 6.07) is 6.45. The fraction of sp³-hybridized carbons (Fsp3) is 0.577. The Balaban J connectivity index is 1.47. The third kappa shape index (κ3) is 4.22. The number of hydrogen-bond donors (Lipinski definition) is 1. The zero-order valence-electron chi connectivity index (χ0n) is 21.1. The van der Waals surface area contributed by atoms with Crippen LogP contribution >= 0.6 is 0 Å². The number of para-hydroxylation sites is 2. The molecule has 1 amide bonds. The molecule has 3 heterocycles. The number of likely N-dealkylation sites (N-methyl/N-ethyl adjacent to an activating group) is 1. The van der Waals surface area contributed by atoms with Crippen molar-refractivity contribution in [3.63, 3.8) is 0 Å². The summed E-state index contributed by atoms with van der Waals surface area (Å²) in [6.45, 7) is 6.01. The molecule has 3 aliphatic heterocycles. The largest absolute Gasteiger partial charge is 0.492 e. The van der Waals surface area contributed by atoms with Crippen LogP contribution in [0.3, 0.4) is 0 Å². The number of benzene rings is 1. The van der Waals surface area contributed by atoms with Gasteiger partial charge in [-0.05, 0) is 46.2 Å². The van der Waals surface area contributed by atoms with Crippen molar-refractivity contribution in [2.45, 2.75) is 63.3 Å². The highest BCUT2D eigenvalue weighted by molar-refractivity contribution is 5.93. The van der Waals surface area contributed by atoms with Crippen LogP contribution in [0.2, 0.25) is 0 Å². The lowest BCUT2D eigenvalue weighted by Crippen LogP contribution is -2.49. The summed E-state index contributed by atoms with van der Waals surface area (Å²) in [5, 5.41) is 2.76. The van der Waals surface area contributed by atoms with Gasteiger partial charge in [-0.25, -0.2) is 9.59 Å². The second kappa shape index (κ2) is 9.08. The van der Waals surface area contributed by atoms with Crippen molar-refractivity contribution in [2.75, 3.05) is 26.0 Å². The van der Waals surface area contributed by atoms with E-state index in [2.05, 4.69) is 5.32 Å². The number of nitrogens with zero attached hydrogens (tertiary/aromatic N) is 1. The molecule has 0 aromatic heterocycles. The average Bonchev–Trinajstić information content (AvgIpc) is 3.21. The molecule has 1 aromatic rings. The minimum Gasteiger partial charge on any atom is -0.492 e. The van der Waals surface area contributed by atoms with Crippen LogP contribution in [0.15, 0.2) is 35.9 Å². The van der Waals surface area contributed by atoms with E-state index in [0.29, 0.717) is 30.0 Å². The maximum absolute atomic E-state index is 13.1. The number of hydrogen-bond acceptors (Lipinski definition) is 9. The highest BCUT2D eigenvalue weighted by Crippen LogP contribution is 2.51. The lowest BCUT2D eigenvalue weighted by atomic mass is 9.79. The lowest BCUT2D eigenvalue weighted by Gasteiger charge is -2.32. The van der Waals surface area contributed by atoms with E-state index in [1.807, 2.05) is 38.9 Å². The van der Waals surface area contributed by atoms with Crippen molar-refractivity contribution < 1.29 is 38.1 Å². The van der Waals surface area contributed by atoms with E-state index < -0.39 is 54.0 Å². The fourth-order valence-corrected chi connectivity index (χ4v) is 5.76. The van der Waals surface area contributed by atoms with Gasteiger partial charge in [-0.2, -0.15) is 0 Å². The summed E-state index contributed by atoms with van der Waals surface area (Å²) in [7, 11) is 3.62. The Morgan fingerprint density at radius 3 is 2.69 bits per heavy atom. The van der Waals surface area contributed by atoms with Gasteiger partial charge in [0.15, 0.2) is 6.10 Å². The van der Waals surface area contributed by atoms with Gasteiger partial charge < -0.3 is 23.7 Å². The van der Waals surface area contributed by atoms with E-state index in [1.165, 1.54) is 0 Å². The van der Waals surface area contributed by atoms with Crippen molar-refractivity contribution in [2.24, 2.45) is 11.8 Å². The predicted octanol–water partition coefficient (Wildman–Crippen LogP) is 2.52. The second-order valence-corrected chi connectivity index (χ2v) is 10.2. The molecule has 2 saturated heterocycles. The van der Waals surface area contributed by atoms with Crippen LogP contribution in [-0.4, -0.2) is 79.7 Å².